The maximum atomic E-state index is 13.0. The minimum absolute atomic E-state index is 0.115. The summed E-state index contributed by atoms with van der Waals surface area (Å²) in [6.45, 7) is 0.930. The Morgan fingerprint density at radius 2 is 1.66 bits per heavy atom. The van der Waals surface area contributed by atoms with Crippen molar-refractivity contribution in [1.82, 2.24) is 4.90 Å². The van der Waals surface area contributed by atoms with Crippen molar-refractivity contribution in [3.63, 3.8) is 0 Å². The highest BCUT2D eigenvalue weighted by molar-refractivity contribution is 6.36. The number of carbonyl (C=O) groups is 2. The highest BCUT2D eigenvalue weighted by Crippen LogP contribution is 2.32. The van der Waals surface area contributed by atoms with Crippen LogP contribution in [-0.4, -0.2) is 44.0 Å². The third kappa shape index (κ3) is 4.77. The van der Waals surface area contributed by atoms with Crippen molar-refractivity contribution in [2.24, 2.45) is 5.92 Å². The Hall–Kier alpha value is -2.44. The van der Waals surface area contributed by atoms with Gasteiger partial charge in [-0.05, 0) is 43.2 Å². The first-order valence-electron chi connectivity index (χ1n) is 9.20. The van der Waals surface area contributed by atoms with Crippen molar-refractivity contribution in [3.05, 3.63) is 52.0 Å². The van der Waals surface area contributed by atoms with E-state index < -0.39 is 0 Å². The quantitative estimate of drug-likeness (QED) is 0.748. The normalized spacial score (nSPS) is 14.4. The molecule has 1 aliphatic rings. The van der Waals surface area contributed by atoms with Gasteiger partial charge in [-0.25, -0.2) is 0 Å². The molecule has 1 heterocycles. The Balaban J connectivity index is 1.65. The van der Waals surface area contributed by atoms with Crippen LogP contribution < -0.4 is 14.8 Å². The zero-order chi connectivity index (χ0) is 21.0. The minimum atomic E-state index is -0.203. The molecule has 154 valence electrons. The van der Waals surface area contributed by atoms with Gasteiger partial charge in [-0.3, -0.25) is 9.59 Å². The Labute approximate surface area is 179 Å². The Morgan fingerprint density at radius 1 is 1.03 bits per heavy atom. The summed E-state index contributed by atoms with van der Waals surface area (Å²) in [5.74, 6) is 0.443. The Morgan fingerprint density at radius 3 is 2.21 bits per heavy atom. The van der Waals surface area contributed by atoms with Crippen LogP contribution in [0.4, 0.5) is 5.69 Å². The maximum absolute atomic E-state index is 13.0. The molecule has 0 saturated carbocycles. The van der Waals surface area contributed by atoms with Gasteiger partial charge in [-0.15, -0.1) is 0 Å². The van der Waals surface area contributed by atoms with Gasteiger partial charge in [0.1, 0.15) is 17.1 Å². The lowest BCUT2D eigenvalue weighted by Gasteiger charge is -2.32. The van der Waals surface area contributed by atoms with E-state index in [0.29, 0.717) is 58.7 Å². The average molecular weight is 437 g/mol. The van der Waals surface area contributed by atoms with Crippen LogP contribution in [0.25, 0.3) is 0 Å². The van der Waals surface area contributed by atoms with Gasteiger partial charge in [0.15, 0.2) is 0 Å². The second-order valence-electron chi connectivity index (χ2n) is 6.72. The highest BCUT2D eigenvalue weighted by atomic mass is 35.5. The first-order chi connectivity index (χ1) is 13.9. The largest absolute Gasteiger partial charge is 0.496 e. The number of rotatable bonds is 5. The number of likely N-dealkylation sites (tertiary alicyclic amines) is 1. The summed E-state index contributed by atoms with van der Waals surface area (Å²) < 4.78 is 10.7. The number of carbonyl (C=O) groups excluding carboxylic acids is 2. The molecule has 0 aromatic heterocycles. The molecule has 0 unspecified atom stereocenters. The first kappa shape index (κ1) is 21.3. The van der Waals surface area contributed by atoms with Crippen molar-refractivity contribution in [3.8, 4) is 11.5 Å². The van der Waals surface area contributed by atoms with Crippen molar-refractivity contribution in [1.29, 1.82) is 0 Å². The molecular formula is C21H22Cl2N2O4. The molecule has 6 nitrogen and oxygen atoms in total. The summed E-state index contributed by atoms with van der Waals surface area (Å²) in [5, 5.41) is 3.74. The number of benzene rings is 2. The van der Waals surface area contributed by atoms with Crippen LogP contribution in [0.15, 0.2) is 36.4 Å². The van der Waals surface area contributed by atoms with Crippen LogP contribution in [0.5, 0.6) is 11.5 Å². The molecule has 1 aliphatic heterocycles. The topological polar surface area (TPSA) is 67.9 Å². The predicted octanol–water partition coefficient (Wildman–Crippen LogP) is 4.50. The summed E-state index contributed by atoms with van der Waals surface area (Å²) in [6.07, 6.45) is 1.11. The van der Waals surface area contributed by atoms with E-state index >= 15 is 0 Å². The third-order valence-corrected chi connectivity index (χ3v) is 5.53. The van der Waals surface area contributed by atoms with E-state index in [2.05, 4.69) is 5.32 Å². The van der Waals surface area contributed by atoms with Crippen LogP contribution in [0.2, 0.25) is 10.0 Å². The molecule has 0 radical (unpaired) electrons. The number of hydrogen-bond donors (Lipinski definition) is 1. The molecular weight excluding hydrogens is 415 g/mol. The van der Waals surface area contributed by atoms with Gasteiger partial charge in [-0.2, -0.15) is 0 Å². The molecule has 3 rings (SSSR count). The number of halogens is 2. The highest BCUT2D eigenvalue weighted by Gasteiger charge is 2.30. The first-order valence-corrected chi connectivity index (χ1v) is 9.96. The predicted molar refractivity (Wildman–Crippen MR) is 113 cm³/mol. The monoisotopic (exact) mass is 436 g/mol. The van der Waals surface area contributed by atoms with E-state index in [1.165, 1.54) is 14.2 Å². The molecule has 0 spiro atoms. The van der Waals surface area contributed by atoms with E-state index in [1.54, 1.807) is 41.3 Å². The molecule has 0 aliphatic carbocycles. The van der Waals surface area contributed by atoms with Gasteiger partial charge in [-0.1, -0.05) is 29.3 Å². The molecule has 0 atom stereocenters. The van der Waals surface area contributed by atoms with Crippen LogP contribution in [0.1, 0.15) is 23.2 Å². The van der Waals surface area contributed by atoms with Gasteiger partial charge in [0, 0.05) is 24.0 Å². The lowest BCUT2D eigenvalue weighted by molar-refractivity contribution is -0.121. The van der Waals surface area contributed by atoms with Crippen LogP contribution in [0, 0.1) is 5.92 Å². The maximum Gasteiger partial charge on any atom is 0.261 e. The molecule has 2 amide bonds. The van der Waals surface area contributed by atoms with Gasteiger partial charge >= 0.3 is 0 Å². The summed E-state index contributed by atoms with van der Waals surface area (Å²) in [5.41, 5.74) is 0.923. The number of piperidine rings is 1. The Kier molecular flexibility index (Phi) is 6.87. The Bertz CT molecular complexity index is 889. The fraction of sp³-hybridized carbons (Fsp3) is 0.333. The second kappa shape index (κ2) is 9.37. The van der Waals surface area contributed by atoms with Crippen molar-refractivity contribution in [2.45, 2.75) is 12.8 Å². The van der Waals surface area contributed by atoms with Gasteiger partial charge in [0.05, 0.1) is 24.9 Å². The SMILES string of the molecule is COc1cccc(OC)c1C(=O)N1CCC(C(=O)Nc2ccc(Cl)cc2Cl)CC1. The zero-order valence-corrected chi connectivity index (χ0v) is 17.7. The second-order valence-corrected chi connectivity index (χ2v) is 7.56. The third-order valence-electron chi connectivity index (χ3n) is 4.98. The number of nitrogens with one attached hydrogen (secondary N) is 1. The van der Waals surface area contributed by atoms with Crippen molar-refractivity contribution in [2.75, 3.05) is 32.6 Å². The number of methoxy groups -OCH3 is 2. The molecule has 29 heavy (non-hydrogen) atoms. The number of amides is 2. The van der Waals surface area contributed by atoms with Gasteiger partial charge in [0.2, 0.25) is 5.91 Å². The van der Waals surface area contributed by atoms with E-state index in [4.69, 9.17) is 32.7 Å². The summed E-state index contributed by atoms with van der Waals surface area (Å²) in [4.78, 5) is 27.4. The number of anilines is 1. The molecule has 2 aromatic carbocycles. The smallest absolute Gasteiger partial charge is 0.261 e. The number of hydrogen-bond acceptors (Lipinski definition) is 4. The molecule has 2 aromatic rings. The van der Waals surface area contributed by atoms with Gasteiger partial charge < -0.3 is 19.7 Å². The lowest BCUT2D eigenvalue weighted by Crippen LogP contribution is -2.41. The minimum Gasteiger partial charge on any atom is -0.496 e. The summed E-state index contributed by atoms with van der Waals surface area (Å²) >= 11 is 12.0. The molecule has 8 heteroatoms. The zero-order valence-electron chi connectivity index (χ0n) is 16.2. The average Bonchev–Trinajstić information content (AvgIpc) is 2.74. The van der Waals surface area contributed by atoms with Crippen molar-refractivity contribution < 1.29 is 19.1 Å². The standard InChI is InChI=1S/C21H22Cl2N2O4/c1-28-17-4-3-5-18(29-2)19(17)21(27)25-10-8-13(9-11-25)20(26)24-16-7-6-14(22)12-15(16)23/h3-7,12-13H,8-11H2,1-2H3,(H,24,26). The van der Waals surface area contributed by atoms with Crippen LogP contribution >= 0.6 is 23.2 Å². The summed E-state index contributed by atoms with van der Waals surface area (Å²) in [6, 6.07) is 10.2. The molecule has 1 fully saturated rings. The van der Waals surface area contributed by atoms with E-state index in [1.807, 2.05) is 0 Å². The molecule has 1 N–H and O–H groups in total. The fourth-order valence-corrected chi connectivity index (χ4v) is 3.85. The van der Waals surface area contributed by atoms with Crippen LogP contribution in [0.3, 0.4) is 0 Å². The van der Waals surface area contributed by atoms with E-state index in [0.717, 1.165) is 0 Å². The number of ether oxygens (including phenoxy) is 2. The van der Waals surface area contributed by atoms with E-state index in [9.17, 15) is 9.59 Å². The summed E-state index contributed by atoms with van der Waals surface area (Å²) in [7, 11) is 3.04. The molecule has 0 bridgehead atoms. The van der Waals surface area contributed by atoms with Crippen LogP contribution in [-0.2, 0) is 4.79 Å². The number of nitrogens with zero attached hydrogens (tertiary/aromatic N) is 1. The van der Waals surface area contributed by atoms with E-state index in [-0.39, 0.29) is 17.7 Å². The van der Waals surface area contributed by atoms with Crippen molar-refractivity contribution >= 4 is 40.7 Å². The molecule has 1 saturated heterocycles. The fourth-order valence-electron chi connectivity index (χ4n) is 3.39. The lowest BCUT2D eigenvalue weighted by atomic mass is 9.95. The van der Waals surface area contributed by atoms with Gasteiger partial charge in [0.25, 0.3) is 5.91 Å².